The molecular formula is C28H38ClF2N5O4. The molecule has 1 aromatic heterocycles. The molecule has 2 saturated heterocycles. The van der Waals surface area contributed by atoms with Crippen molar-refractivity contribution in [3.8, 4) is 5.75 Å². The highest BCUT2D eigenvalue weighted by Gasteiger charge is 2.48. The molecule has 2 aromatic rings. The molecule has 12 heteroatoms. The lowest BCUT2D eigenvalue weighted by molar-refractivity contribution is -0.159. The Morgan fingerprint density at radius 2 is 1.85 bits per heavy atom. The normalized spacial score (nSPS) is 19.0. The van der Waals surface area contributed by atoms with E-state index in [1.165, 1.54) is 18.2 Å². The number of halogens is 3. The summed E-state index contributed by atoms with van der Waals surface area (Å²) >= 11 is 6.00. The Hall–Kier alpha value is -2.76. The van der Waals surface area contributed by atoms with E-state index in [2.05, 4.69) is 25.4 Å². The van der Waals surface area contributed by atoms with Crippen molar-refractivity contribution in [2.24, 2.45) is 5.41 Å². The fourth-order valence-electron chi connectivity index (χ4n) is 5.80. The molecule has 0 bridgehead atoms. The molecule has 1 amide bonds. The number of rotatable bonds is 10. The summed E-state index contributed by atoms with van der Waals surface area (Å²) in [6.07, 6.45) is 3.88. The molecule has 4 rings (SSSR count). The summed E-state index contributed by atoms with van der Waals surface area (Å²) in [6, 6.07) is 6.10. The Morgan fingerprint density at radius 3 is 2.48 bits per heavy atom. The fourth-order valence-corrected chi connectivity index (χ4v) is 5.96. The summed E-state index contributed by atoms with van der Waals surface area (Å²) in [5.41, 5.74) is -0.675. The van der Waals surface area contributed by atoms with Gasteiger partial charge in [0.15, 0.2) is 5.75 Å². The van der Waals surface area contributed by atoms with Gasteiger partial charge in [0.05, 0.1) is 17.7 Å². The molecule has 3 heterocycles. The molecule has 2 aliphatic rings. The molecule has 0 aliphatic carbocycles. The van der Waals surface area contributed by atoms with Crippen LogP contribution >= 0.6 is 11.6 Å². The largest absolute Gasteiger partial charge is 0.466 e. The first-order valence-electron chi connectivity index (χ1n) is 13.8. The molecular weight excluding hydrogens is 544 g/mol. The fraction of sp³-hybridized carbons (Fsp3) is 0.607. The number of anilines is 1. The van der Waals surface area contributed by atoms with Crippen molar-refractivity contribution in [3.63, 3.8) is 0 Å². The molecule has 0 unspecified atom stereocenters. The van der Waals surface area contributed by atoms with Crippen LogP contribution in [0.4, 0.5) is 14.5 Å². The van der Waals surface area contributed by atoms with Crippen molar-refractivity contribution < 1.29 is 27.8 Å². The highest BCUT2D eigenvalue weighted by molar-refractivity contribution is 6.30. The van der Waals surface area contributed by atoms with Crippen molar-refractivity contribution >= 4 is 29.2 Å². The quantitative estimate of drug-likeness (QED) is 0.395. The number of nitrogens with one attached hydrogen (secondary N) is 2. The molecule has 220 valence electrons. The van der Waals surface area contributed by atoms with E-state index in [-0.39, 0.29) is 34.3 Å². The Morgan fingerprint density at radius 1 is 1.15 bits per heavy atom. The SMILES string of the molecule is CCOC(=O)C1(CN2CCC(C(=O)Nc3ccc(Cl)cc3OC(F)F)(n3nccc3C(C)C)CC2)CCNCC1. The van der Waals surface area contributed by atoms with Gasteiger partial charge >= 0.3 is 12.6 Å². The minimum Gasteiger partial charge on any atom is -0.466 e. The average Bonchev–Trinajstić information content (AvgIpc) is 3.42. The third kappa shape index (κ3) is 6.42. The first-order valence-corrected chi connectivity index (χ1v) is 14.2. The number of amides is 1. The number of hydrogen-bond donors (Lipinski definition) is 2. The van der Waals surface area contributed by atoms with Crippen molar-refractivity contribution in [1.82, 2.24) is 20.0 Å². The second-order valence-electron chi connectivity index (χ2n) is 10.9. The molecule has 0 radical (unpaired) electrons. The van der Waals surface area contributed by atoms with Crippen LogP contribution in [0.2, 0.25) is 5.02 Å². The van der Waals surface area contributed by atoms with Crippen LogP contribution in [0.15, 0.2) is 30.5 Å². The Bertz CT molecular complexity index is 1180. The van der Waals surface area contributed by atoms with Gasteiger partial charge in [0.1, 0.15) is 5.54 Å². The van der Waals surface area contributed by atoms with E-state index < -0.39 is 17.6 Å². The second-order valence-corrected chi connectivity index (χ2v) is 11.3. The van der Waals surface area contributed by atoms with Crippen LogP contribution in [0.1, 0.15) is 58.1 Å². The standard InChI is InChI=1S/C28H38ClF2N5O4/c1-4-39-25(38)27(8-13-32-14-9-27)18-35-15-10-28(11-16-35,36-22(19(2)3)7-12-33-36)24(37)34-21-6-5-20(29)17-23(21)40-26(30)31/h5-7,12,17,19,26,32H,4,8-11,13-16,18H2,1-3H3,(H,34,37). The predicted molar refractivity (Wildman–Crippen MR) is 148 cm³/mol. The van der Waals surface area contributed by atoms with Gasteiger partial charge in [0, 0.05) is 42.6 Å². The predicted octanol–water partition coefficient (Wildman–Crippen LogP) is 4.62. The van der Waals surface area contributed by atoms with Gasteiger partial charge in [-0.25, -0.2) is 0 Å². The van der Waals surface area contributed by atoms with Crippen molar-refractivity contribution in [3.05, 3.63) is 41.2 Å². The zero-order valence-corrected chi connectivity index (χ0v) is 24.0. The second kappa shape index (κ2) is 12.8. The number of ether oxygens (including phenoxy) is 2. The number of esters is 1. The molecule has 2 aliphatic heterocycles. The summed E-state index contributed by atoms with van der Waals surface area (Å²) in [5.74, 6) is -0.661. The van der Waals surface area contributed by atoms with E-state index in [4.69, 9.17) is 16.3 Å². The average molecular weight is 582 g/mol. The summed E-state index contributed by atoms with van der Waals surface area (Å²) in [6.45, 7) is 6.25. The first-order chi connectivity index (χ1) is 19.1. The van der Waals surface area contributed by atoms with Gasteiger partial charge in [-0.15, -0.1) is 0 Å². The third-order valence-corrected chi connectivity index (χ3v) is 8.21. The molecule has 9 nitrogen and oxygen atoms in total. The first kappa shape index (κ1) is 30.2. The minimum atomic E-state index is -3.08. The van der Waals surface area contributed by atoms with Gasteiger partial charge in [-0.05, 0) is 69.8 Å². The lowest BCUT2D eigenvalue weighted by atomic mass is 9.77. The molecule has 1 aromatic carbocycles. The van der Waals surface area contributed by atoms with Gasteiger partial charge in [0.25, 0.3) is 5.91 Å². The van der Waals surface area contributed by atoms with E-state index in [9.17, 15) is 18.4 Å². The molecule has 2 fully saturated rings. The highest BCUT2D eigenvalue weighted by atomic mass is 35.5. The summed E-state index contributed by atoms with van der Waals surface area (Å²) < 4.78 is 38.1. The number of benzene rings is 1. The topological polar surface area (TPSA) is 97.7 Å². The number of hydrogen-bond acceptors (Lipinski definition) is 7. The van der Waals surface area contributed by atoms with E-state index in [1.54, 1.807) is 10.9 Å². The van der Waals surface area contributed by atoms with Gasteiger partial charge in [0.2, 0.25) is 0 Å². The third-order valence-electron chi connectivity index (χ3n) is 7.98. The maximum absolute atomic E-state index is 14.1. The van der Waals surface area contributed by atoms with Gasteiger partial charge in [-0.2, -0.15) is 13.9 Å². The molecule has 0 atom stereocenters. The minimum absolute atomic E-state index is 0.0975. The van der Waals surface area contributed by atoms with Crippen molar-refractivity contribution in [1.29, 1.82) is 0 Å². The molecule has 2 N–H and O–H groups in total. The van der Waals surface area contributed by atoms with Crippen LogP contribution in [0.5, 0.6) is 5.75 Å². The molecule has 0 saturated carbocycles. The van der Waals surface area contributed by atoms with Crippen LogP contribution in [0.25, 0.3) is 0 Å². The maximum atomic E-state index is 14.1. The van der Waals surface area contributed by atoms with E-state index in [0.29, 0.717) is 51.9 Å². The zero-order chi connectivity index (χ0) is 28.9. The van der Waals surface area contributed by atoms with Crippen LogP contribution in [0.3, 0.4) is 0 Å². The number of aromatic nitrogens is 2. The van der Waals surface area contributed by atoms with Gasteiger partial charge in [-0.1, -0.05) is 25.4 Å². The summed E-state index contributed by atoms with van der Waals surface area (Å²) in [4.78, 5) is 29.4. The van der Waals surface area contributed by atoms with Crippen molar-refractivity contribution in [2.45, 2.75) is 64.5 Å². The maximum Gasteiger partial charge on any atom is 0.387 e. The number of carbonyl (C=O) groups excluding carboxylic acids is 2. The number of alkyl halides is 2. The van der Waals surface area contributed by atoms with E-state index >= 15 is 0 Å². The Labute approximate surface area is 238 Å². The number of carbonyl (C=O) groups is 2. The van der Waals surface area contributed by atoms with Crippen LogP contribution < -0.4 is 15.4 Å². The van der Waals surface area contributed by atoms with Gasteiger partial charge in [-0.3, -0.25) is 14.3 Å². The molecule has 0 spiro atoms. The number of piperidine rings is 2. The summed E-state index contributed by atoms with van der Waals surface area (Å²) in [7, 11) is 0. The number of likely N-dealkylation sites (tertiary alicyclic amines) is 1. The summed E-state index contributed by atoms with van der Waals surface area (Å²) in [5, 5.41) is 10.9. The van der Waals surface area contributed by atoms with Gasteiger partial charge < -0.3 is 25.0 Å². The zero-order valence-electron chi connectivity index (χ0n) is 23.2. The lowest BCUT2D eigenvalue weighted by Crippen LogP contribution is -2.57. The smallest absolute Gasteiger partial charge is 0.387 e. The molecule has 40 heavy (non-hydrogen) atoms. The highest BCUT2D eigenvalue weighted by Crippen LogP contribution is 2.39. The van der Waals surface area contributed by atoms with Crippen LogP contribution in [-0.2, 0) is 19.9 Å². The monoisotopic (exact) mass is 581 g/mol. The van der Waals surface area contributed by atoms with E-state index in [0.717, 1.165) is 18.8 Å². The van der Waals surface area contributed by atoms with E-state index in [1.807, 2.05) is 26.8 Å². The lowest BCUT2D eigenvalue weighted by Gasteiger charge is -2.45. The Balaban J connectivity index is 1.61. The Kier molecular flexibility index (Phi) is 9.68. The van der Waals surface area contributed by atoms with Crippen LogP contribution in [0, 0.1) is 5.41 Å². The number of nitrogens with zero attached hydrogens (tertiary/aromatic N) is 3. The van der Waals surface area contributed by atoms with Crippen LogP contribution in [-0.4, -0.2) is 72.5 Å². The van der Waals surface area contributed by atoms with Crippen molar-refractivity contribution in [2.75, 3.05) is 44.6 Å².